The van der Waals surface area contributed by atoms with E-state index < -0.39 is 0 Å². The minimum Gasteiger partial charge on any atom is -0.379 e. The third-order valence-corrected chi connectivity index (χ3v) is 4.48. The van der Waals surface area contributed by atoms with E-state index in [0.717, 1.165) is 56.1 Å². The third-order valence-electron chi connectivity index (χ3n) is 4.27. The van der Waals surface area contributed by atoms with Gasteiger partial charge in [0, 0.05) is 58.7 Å². The third kappa shape index (κ3) is 5.12. The van der Waals surface area contributed by atoms with E-state index in [1.807, 2.05) is 38.0 Å². The summed E-state index contributed by atoms with van der Waals surface area (Å²) in [7, 11) is 5.86. The summed E-state index contributed by atoms with van der Waals surface area (Å²) in [4.78, 5) is 8.94. The molecule has 23 heavy (non-hydrogen) atoms. The maximum atomic E-state index is 6.05. The van der Waals surface area contributed by atoms with E-state index in [1.54, 1.807) is 0 Å². The Morgan fingerprint density at radius 2 is 2.17 bits per heavy atom. The molecule has 1 atom stereocenters. The van der Waals surface area contributed by atoms with E-state index in [0.29, 0.717) is 6.04 Å². The van der Waals surface area contributed by atoms with Crippen molar-refractivity contribution in [2.75, 3.05) is 46.9 Å². The fourth-order valence-electron chi connectivity index (χ4n) is 2.81. The lowest BCUT2D eigenvalue weighted by molar-refractivity contribution is 0.0211. The van der Waals surface area contributed by atoms with Gasteiger partial charge in [-0.3, -0.25) is 9.89 Å². The molecular weight excluding hydrogens is 314 g/mol. The Bertz CT molecular complexity index is 525. The number of morpholine rings is 1. The minimum absolute atomic E-state index is 0.452. The predicted molar refractivity (Wildman–Crippen MR) is 95.1 cm³/mol. The highest BCUT2D eigenvalue weighted by molar-refractivity contribution is 6.30. The average Bonchev–Trinajstić information content (AvgIpc) is 2.86. The Labute approximate surface area is 144 Å². The Morgan fingerprint density at radius 3 is 2.74 bits per heavy atom. The van der Waals surface area contributed by atoms with Gasteiger partial charge in [-0.1, -0.05) is 11.6 Å². The van der Waals surface area contributed by atoms with Crippen molar-refractivity contribution >= 4 is 17.6 Å². The van der Waals surface area contributed by atoms with Gasteiger partial charge in [-0.05, 0) is 13.0 Å². The second kappa shape index (κ2) is 8.57. The first-order valence-electron chi connectivity index (χ1n) is 8.05. The van der Waals surface area contributed by atoms with Crippen molar-refractivity contribution in [3.63, 3.8) is 0 Å². The summed E-state index contributed by atoms with van der Waals surface area (Å²) in [6.07, 6.45) is 1.92. The Balaban J connectivity index is 1.85. The number of rotatable bonds is 5. The molecule has 1 aliphatic rings. The normalized spacial score (nSPS) is 18.0. The molecule has 130 valence electrons. The molecule has 2 rings (SSSR count). The van der Waals surface area contributed by atoms with Gasteiger partial charge in [0.25, 0.3) is 0 Å². The summed E-state index contributed by atoms with van der Waals surface area (Å²) in [6.45, 7) is 7.51. The van der Waals surface area contributed by atoms with E-state index in [9.17, 15) is 0 Å². The van der Waals surface area contributed by atoms with Crippen LogP contribution in [0.5, 0.6) is 0 Å². The molecule has 1 N–H and O–H groups in total. The molecule has 1 aromatic rings. The van der Waals surface area contributed by atoms with E-state index in [1.165, 1.54) is 0 Å². The predicted octanol–water partition coefficient (Wildman–Crippen LogP) is 1.41. The van der Waals surface area contributed by atoms with Crippen LogP contribution in [0.25, 0.3) is 0 Å². The maximum absolute atomic E-state index is 6.05. The molecular formula is C16H28ClN5O. The number of halogens is 1. The highest BCUT2D eigenvalue weighted by Crippen LogP contribution is 2.14. The molecule has 1 unspecified atom stereocenters. The zero-order valence-electron chi connectivity index (χ0n) is 14.5. The van der Waals surface area contributed by atoms with Crippen molar-refractivity contribution in [1.82, 2.24) is 19.7 Å². The molecule has 0 radical (unpaired) electrons. The highest BCUT2D eigenvalue weighted by atomic mass is 35.5. The Hall–Kier alpha value is -1.24. The number of aromatic nitrogens is 1. The first-order valence-corrected chi connectivity index (χ1v) is 8.43. The summed E-state index contributed by atoms with van der Waals surface area (Å²) in [5.74, 6) is 0.891. The zero-order chi connectivity index (χ0) is 16.8. The van der Waals surface area contributed by atoms with Crippen LogP contribution in [0.1, 0.15) is 12.6 Å². The summed E-state index contributed by atoms with van der Waals surface area (Å²) < 4.78 is 7.45. The SMILES string of the molecule is CN=C(NCC(C)N1CCOCC1)N(C)Cc1cc(Cl)cn1C. The van der Waals surface area contributed by atoms with Crippen LogP contribution >= 0.6 is 11.6 Å². The molecule has 1 fully saturated rings. The molecule has 2 heterocycles. The van der Waals surface area contributed by atoms with Crippen molar-refractivity contribution in [1.29, 1.82) is 0 Å². The standard InChI is InChI=1S/C16H28ClN5O/c1-13(22-5-7-23-8-6-22)10-19-16(18-2)21(4)12-15-9-14(17)11-20(15)3/h9,11,13H,5-8,10,12H2,1-4H3,(H,18,19). The van der Waals surface area contributed by atoms with Crippen LogP contribution in [-0.2, 0) is 18.3 Å². The van der Waals surface area contributed by atoms with E-state index in [2.05, 4.69) is 27.0 Å². The number of hydrogen-bond donors (Lipinski definition) is 1. The maximum Gasteiger partial charge on any atom is 0.193 e. The van der Waals surface area contributed by atoms with E-state index in [-0.39, 0.29) is 0 Å². The average molecular weight is 342 g/mol. The van der Waals surface area contributed by atoms with Gasteiger partial charge in [-0.15, -0.1) is 0 Å². The van der Waals surface area contributed by atoms with Crippen molar-refractivity contribution in [2.45, 2.75) is 19.5 Å². The van der Waals surface area contributed by atoms with Crippen molar-refractivity contribution in [3.05, 3.63) is 23.0 Å². The molecule has 0 aromatic carbocycles. The highest BCUT2D eigenvalue weighted by Gasteiger charge is 2.18. The smallest absolute Gasteiger partial charge is 0.193 e. The second-order valence-corrected chi connectivity index (χ2v) is 6.48. The van der Waals surface area contributed by atoms with Gasteiger partial charge in [-0.2, -0.15) is 0 Å². The van der Waals surface area contributed by atoms with Crippen LogP contribution in [0.15, 0.2) is 17.3 Å². The van der Waals surface area contributed by atoms with Gasteiger partial charge in [0.05, 0.1) is 24.8 Å². The first kappa shape index (κ1) is 18.1. The molecule has 0 aliphatic carbocycles. The van der Waals surface area contributed by atoms with Crippen molar-refractivity contribution < 1.29 is 4.74 Å². The van der Waals surface area contributed by atoms with Gasteiger partial charge < -0.3 is 19.5 Å². The molecule has 0 bridgehead atoms. The first-order chi connectivity index (χ1) is 11.0. The lowest BCUT2D eigenvalue weighted by atomic mass is 10.2. The van der Waals surface area contributed by atoms with Crippen LogP contribution in [0.4, 0.5) is 0 Å². The van der Waals surface area contributed by atoms with Gasteiger partial charge in [0.1, 0.15) is 0 Å². The van der Waals surface area contributed by atoms with Gasteiger partial charge >= 0.3 is 0 Å². The number of guanidine groups is 1. The largest absolute Gasteiger partial charge is 0.379 e. The number of nitrogens with zero attached hydrogens (tertiary/aromatic N) is 4. The number of nitrogens with one attached hydrogen (secondary N) is 1. The second-order valence-electron chi connectivity index (χ2n) is 6.04. The molecule has 0 saturated carbocycles. The summed E-state index contributed by atoms with van der Waals surface area (Å²) in [6, 6.07) is 2.44. The summed E-state index contributed by atoms with van der Waals surface area (Å²) >= 11 is 6.05. The molecule has 1 saturated heterocycles. The molecule has 1 aromatic heterocycles. The number of aliphatic imine (C=N–C) groups is 1. The van der Waals surface area contributed by atoms with Crippen LogP contribution in [0.3, 0.4) is 0 Å². The van der Waals surface area contributed by atoms with E-state index in [4.69, 9.17) is 16.3 Å². The fraction of sp³-hybridized carbons (Fsp3) is 0.688. The van der Waals surface area contributed by atoms with Crippen LogP contribution in [0, 0.1) is 0 Å². The van der Waals surface area contributed by atoms with Crippen LogP contribution in [-0.4, -0.2) is 73.3 Å². The fourth-order valence-corrected chi connectivity index (χ4v) is 3.08. The van der Waals surface area contributed by atoms with E-state index >= 15 is 0 Å². The summed E-state index contributed by atoms with van der Waals surface area (Å²) in [5.41, 5.74) is 1.15. The number of aryl methyl sites for hydroxylation is 1. The summed E-state index contributed by atoms with van der Waals surface area (Å²) in [5, 5.41) is 4.23. The Morgan fingerprint density at radius 1 is 1.48 bits per heavy atom. The Kier molecular flexibility index (Phi) is 6.74. The quantitative estimate of drug-likeness (QED) is 0.649. The van der Waals surface area contributed by atoms with Gasteiger partial charge in [-0.25, -0.2) is 0 Å². The van der Waals surface area contributed by atoms with Crippen LogP contribution in [0.2, 0.25) is 5.02 Å². The molecule has 1 aliphatic heterocycles. The van der Waals surface area contributed by atoms with Crippen molar-refractivity contribution in [2.24, 2.45) is 12.0 Å². The minimum atomic E-state index is 0.452. The number of hydrogen-bond acceptors (Lipinski definition) is 3. The lowest BCUT2D eigenvalue weighted by Crippen LogP contribution is -2.49. The van der Waals surface area contributed by atoms with Crippen molar-refractivity contribution in [3.8, 4) is 0 Å². The number of ether oxygens (including phenoxy) is 1. The monoisotopic (exact) mass is 341 g/mol. The molecule has 0 amide bonds. The molecule has 0 spiro atoms. The molecule has 7 heteroatoms. The zero-order valence-corrected chi connectivity index (χ0v) is 15.3. The van der Waals surface area contributed by atoms with Gasteiger partial charge in [0.2, 0.25) is 0 Å². The van der Waals surface area contributed by atoms with Gasteiger partial charge in [0.15, 0.2) is 5.96 Å². The molecule has 6 nitrogen and oxygen atoms in total. The lowest BCUT2D eigenvalue weighted by Gasteiger charge is -2.33. The topological polar surface area (TPSA) is 45.0 Å². The van der Waals surface area contributed by atoms with Crippen LogP contribution < -0.4 is 5.32 Å².